The van der Waals surface area contributed by atoms with E-state index in [4.69, 9.17) is 4.74 Å². The summed E-state index contributed by atoms with van der Waals surface area (Å²) >= 11 is 0. The first kappa shape index (κ1) is 23.8. The lowest BCUT2D eigenvalue weighted by molar-refractivity contribution is -0.00695. The Kier molecular flexibility index (Phi) is 5.91. The topological polar surface area (TPSA) is 83.8 Å². The Morgan fingerprint density at radius 1 is 1.21 bits per heavy atom. The number of aldehydes is 1. The second-order valence-electron chi connectivity index (χ2n) is 11.8. The molecule has 1 saturated carbocycles. The fourth-order valence-electron chi connectivity index (χ4n) is 6.27. The van der Waals surface area contributed by atoms with Crippen molar-refractivity contribution in [3.8, 4) is 17.2 Å². The lowest BCUT2D eigenvalue weighted by atomic mass is 9.73. The lowest BCUT2D eigenvalue weighted by Gasteiger charge is -2.44. The molecule has 0 spiro atoms. The first-order chi connectivity index (χ1) is 15.4. The molecule has 0 amide bonds. The predicted molar refractivity (Wildman–Crippen MR) is 128 cm³/mol. The minimum Gasteiger partial charge on any atom is -0.507 e. The van der Waals surface area contributed by atoms with E-state index in [2.05, 4.69) is 33.8 Å². The van der Waals surface area contributed by atoms with Crippen LogP contribution in [0.25, 0.3) is 0 Å². The van der Waals surface area contributed by atoms with Crippen molar-refractivity contribution in [1.82, 2.24) is 0 Å². The van der Waals surface area contributed by atoms with Crippen LogP contribution in [0.4, 0.5) is 0 Å². The van der Waals surface area contributed by atoms with E-state index in [1.807, 2.05) is 13.8 Å². The van der Waals surface area contributed by atoms with Gasteiger partial charge in [0.25, 0.3) is 0 Å². The van der Waals surface area contributed by atoms with Gasteiger partial charge in [0.1, 0.15) is 28.4 Å². The number of carbonyl (C=O) groups is 2. The van der Waals surface area contributed by atoms with Crippen LogP contribution in [0.3, 0.4) is 0 Å². The van der Waals surface area contributed by atoms with Gasteiger partial charge in [-0.1, -0.05) is 39.3 Å². The molecule has 1 aromatic carbocycles. The van der Waals surface area contributed by atoms with E-state index in [1.165, 1.54) is 5.57 Å². The maximum Gasteiger partial charge on any atom is 0.170 e. The van der Waals surface area contributed by atoms with Gasteiger partial charge >= 0.3 is 0 Å². The van der Waals surface area contributed by atoms with Crippen molar-refractivity contribution in [3.63, 3.8) is 0 Å². The summed E-state index contributed by atoms with van der Waals surface area (Å²) in [7, 11) is 0. The number of fused-ring (bicyclic) bond motifs is 3. The van der Waals surface area contributed by atoms with Gasteiger partial charge in [0.15, 0.2) is 12.1 Å². The van der Waals surface area contributed by atoms with Crippen LogP contribution in [0.15, 0.2) is 11.6 Å². The summed E-state index contributed by atoms with van der Waals surface area (Å²) in [5.41, 5.74) is 1.49. The number of aromatic hydroxyl groups is 2. The summed E-state index contributed by atoms with van der Waals surface area (Å²) in [5, 5.41) is 21.9. The van der Waals surface area contributed by atoms with E-state index in [1.54, 1.807) is 0 Å². The first-order valence-electron chi connectivity index (χ1n) is 12.4. The van der Waals surface area contributed by atoms with E-state index in [0.29, 0.717) is 35.5 Å². The quantitative estimate of drug-likeness (QED) is 0.319. The van der Waals surface area contributed by atoms with Crippen molar-refractivity contribution in [3.05, 3.63) is 28.3 Å². The second kappa shape index (κ2) is 8.18. The molecule has 1 aliphatic heterocycles. The Morgan fingerprint density at radius 3 is 2.55 bits per heavy atom. The highest BCUT2D eigenvalue weighted by molar-refractivity contribution is 6.05. The van der Waals surface area contributed by atoms with E-state index < -0.39 is 11.4 Å². The summed E-state index contributed by atoms with van der Waals surface area (Å²) in [6, 6.07) is 0. The molecule has 1 aromatic rings. The number of phenols is 2. The molecule has 0 unspecified atom stereocenters. The molecule has 5 nitrogen and oxygen atoms in total. The molecule has 180 valence electrons. The minimum absolute atomic E-state index is 0.0209. The monoisotopic (exact) mass is 454 g/mol. The van der Waals surface area contributed by atoms with Crippen LogP contribution in [-0.4, -0.2) is 27.9 Å². The summed E-state index contributed by atoms with van der Waals surface area (Å²) < 4.78 is 6.54. The van der Waals surface area contributed by atoms with E-state index in [-0.39, 0.29) is 46.7 Å². The molecule has 2 N–H and O–H groups in total. The fourth-order valence-corrected chi connectivity index (χ4v) is 6.27. The third-order valence-corrected chi connectivity index (χ3v) is 8.62. The molecule has 0 bridgehead atoms. The largest absolute Gasteiger partial charge is 0.507 e. The molecule has 5 heteroatoms. The first-order valence-corrected chi connectivity index (χ1v) is 12.4. The van der Waals surface area contributed by atoms with Crippen molar-refractivity contribution in [2.45, 2.75) is 85.7 Å². The Hall–Kier alpha value is -2.30. The summed E-state index contributed by atoms with van der Waals surface area (Å²) in [6.45, 7) is 12.8. The van der Waals surface area contributed by atoms with Gasteiger partial charge in [-0.2, -0.15) is 0 Å². The SMILES string of the molecule is C/C1=C\[C@H]2[C@@H](CC[C@]3(C)Oc4c(C=O)c(O)c(C(=O)CC(C)C)c(O)c4C[C@H]3CC1)C2(C)C. The van der Waals surface area contributed by atoms with Crippen LogP contribution in [0, 0.1) is 29.1 Å². The van der Waals surface area contributed by atoms with Crippen LogP contribution in [0.1, 0.15) is 99.9 Å². The number of Topliss-reactive ketones (excluding diaryl/α,β-unsaturated/α-hetero) is 1. The number of ether oxygens (including phenoxy) is 1. The zero-order valence-corrected chi connectivity index (χ0v) is 20.8. The summed E-state index contributed by atoms with van der Waals surface area (Å²) in [5.74, 6) is 0.606. The van der Waals surface area contributed by atoms with Gasteiger partial charge in [0.05, 0.1) is 5.56 Å². The van der Waals surface area contributed by atoms with Crippen LogP contribution in [-0.2, 0) is 6.42 Å². The number of phenolic OH excluding ortho intramolecular Hbond substituents is 2. The number of hydrogen-bond acceptors (Lipinski definition) is 5. The van der Waals surface area contributed by atoms with Crippen LogP contribution in [0.2, 0.25) is 0 Å². The molecule has 1 heterocycles. The molecule has 2 aliphatic carbocycles. The molecule has 33 heavy (non-hydrogen) atoms. The van der Waals surface area contributed by atoms with Crippen molar-refractivity contribution in [2.24, 2.45) is 29.1 Å². The Balaban J connectivity index is 1.76. The predicted octanol–water partition coefficient (Wildman–Crippen LogP) is 6.24. The van der Waals surface area contributed by atoms with Gasteiger partial charge in [-0.15, -0.1) is 0 Å². The Bertz CT molecular complexity index is 1020. The Morgan fingerprint density at radius 2 is 1.91 bits per heavy atom. The van der Waals surface area contributed by atoms with E-state index in [9.17, 15) is 19.8 Å². The van der Waals surface area contributed by atoms with Gasteiger partial charge in [-0.3, -0.25) is 9.59 Å². The molecular weight excluding hydrogens is 416 g/mol. The molecule has 0 radical (unpaired) electrons. The van der Waals surface area contributed by atoms with E-state index >= 15 is 0 Å². The van der Waals surface area contributed by atoms with Crippen molar-refractivity contribution in [2.75, 3.05) is 0 Å². The highest BCUT2D eigenvalue weighted by atomic mass is 16.5. The molecule has 0 aromatic heterocycles. The Labute approximate surface area is 197 Å². The zero-order valence-electron chi connectivity index (χ0n) is 20.8. The number of allylic oxidation sites excluding steroid dienone is 2. The van der Waals surface area contributed by atoms with Crippen LogP contribution < -0.4 is 4.74 Å². The van der Waals surface area contributed by atoms with Gasteiger partial charge in [-0.05, 0) is 69.1 Å². The number of hydrogen-bond donors (Lipinski definition) is 2. The summed E-state index contributed by atoms with van der Waals surface area (Å²) in [6.07, 6.45) is 7.45. The fraction of sp³-hybridized carbons (Fsp3) is 0.643. The number of benzene rings is 1. The van der Waals surface area contributed by atoms with E-state index in [0.717, 1.165) is 25.7 Å². The molecule has 4 atom stereocenters. The summed E-state index contributed by atoms with van der Waals surface area (Å²) in [4.78, 5) is 24.9. The van der Waals surface area contributed by atoms with Gasteiger partial charge < -0.3 is 14.9 Å². The van der Waals surface area contributed by atoms with Crippen molar-refractivity contribution in [1.29, 1.82) is 0 Å². The normalized spacial score (nSPS) is 31.8. The van der Waals surface area contributed by atoms with Crippen molar-refractivity contribution < 1.29 is 24.5 Å². The number of rotatable bonds is 4. The molecule has 4 rings (SSSR count). The lowest BCUT2D eigenvalue weighted by Crippen LogP contribution is -2.45. The van der Waals surface area contributed by atoms with Gasteiger partial charge in [0.2, 0.25) is 0 Å². The third-order valence-electron chi connectivity index (χ3n) is 8.62. The maximum atomic E-state index is 12.8. The maximum absolute atomic E-state index is 12.8. The second-order valence-corrected chi connectivity index (χ2v) is 11.8. The van der Waals surface area contributed by atoms with Crippen LogP contribution in [0.5, 0.6) is 17.2 Å². The molecule has 1 fully saturated rings. The van der Waals surface area contributed by atoms with Gasteiger partial charge in [0, 0.05) is 17.9 Å². The van der Waals surface area contributed by atoms with Gasteiger partial charge in [-0.25, -0.2) is 0 Å². The smallest absolute Gasteiger partial charge is 0.170 e. The highest BCUT2D eigenvalue weighted by Gasteiger charge is 2.57. The van der Waals surface area contributed by atoms with Crippen LogP contribution >= 0.6 is 0 Å². The molecular formula is C28H38O5. The van der Waals surface area contributed by atoms with Crippen molar-refractivity contribution >= 4 is 12.1 Å². The minimum atomic E-state index is -0.506. The zero-order chi connectivity index (χ0) is 24.3. The average molecular weight is 455 g/mol. The molecule has 3 aliphatic rings. The standard InChI is InChI=1S/C28H38O5/c1-15(2)11-22(30)23-24(31)18-13-17-8-7-16(3)12-21-20(27(21,4)5)9-10-28(17,6)33-26(18)19(14-29)25(23)32/h12,14-15,17,20-21,31-32H,7-11,13H2,1-6H3/b16-12+/t17-,20-,21+,28+/m1/s1. The average Bonchev–Trinajstić information content (AvgIpc) is 3.23. The number of carbonyl (C=O) groups excluding carboxylic acids is 2. The number of ketones is 1. The highest BCUT2D eigenvalue weighted by Crippen LogP contribution is 2.63. The molecule has 0 saturated heterocycles. The third kappa shape index (κ3) is 3.98.